The minimum Gasteiger partial charge on any atom is -0.478 e. The Kier molecular flexibility index (Phi) is 12.3. The van der Waals surface area contributed by atoms with Crippen LogP contribution in [0.25, 0.3) is 0 Å². The van der Waals surface area contributed by atoms with Crippen LogP contribution in [0.2, 0.25) is 0 Å². The number of rotatable bonds is 14. The van der Waals surface area contributed by atoms with Crippen molar-refractivity contribution in [3.63, 3.8) is 0 Å². The fraction of sp³-hybridized carbons (Fsp3) is 0.522. The molecule has 0 bridgehead atoms. The van der Waals surface area contributed by atoms with Gasteiger partial charge in [-0.3, -0.25) is 19.2 Å². The van der Waals surface area contributed by atoms with Gasteiger partial charge in [0.2, 0.25) is 17.7 Å². The molecule has 1 rings (SSSR count). The van der Waals surface area contributed by atoms with Crippen LogP contribution in [0, 0.1) is 5.92 Å². The van der Waals surface area contributed by atoms with Crippen LogP contribution in [-0.2, 0) is 25.7 Å². The van der Waals surface area contributed by atoms with Crippen molar-refractivity contribution < 1.29 is 24.3 Å². The first kappa shape index (κ1) is 28.6. The molecule has 6 N–H and O–H groups in total. The third-order valence-corrected chi connectivity index (χ3v) is 5.26. The van der Waals surface area contributed by atoms with Gasteiger partial charge in [0.1, 0.15) is 18.3 Å². The fourth-order valence-corrected chi connectivity index (χ4v) is 3.04. The molecule has 3 amide bonds. The maximum atomic E-state index is 12.8. The number of nitrogens with two attached hydrogens (primary N) is 1. The highest BCUT2D eigenvalue weighted by molar-refractivity contribution is 5.97. The average molecular weight is 478 g/mol. The first-order valence-corrected chi connectivity index (χ1v) is 11.3. The average Bonchev–Trinajstić information content (AvgIpc) is 2.78. The Morgan fingerprint density at radius 1 is 1.18 bits per heavy atom. The number of pyridine rings is 1. The van der Waals surface area contributed by atoms with Gasteiger partial charge in [-0.15, -0.1) is 0 Å². The summed E-state index contributed by atoms with van der Waals surface area (Å²) >= 11 is 0. The molecule has 2 unspecified atom stereocenters. The molecule has 188 valence electrons. The van der Waals surface area contributed by atoms with Gasteiger partial charge in [-0.05, 0) is 37.8 Å². The molecule has 0 aromatic carbocycles. The number of nitrogens with one attached hydrogen (secondary N) is 3. The number of carboxylic acids is 1. The monoisotopic (exact) mass is 477 g/mol. The van der Waals surface area contributed by atoms with Crippen LogP contribution in [0.5, 0.6) is 0 Å². The molecule has 0 aliphatic heterocycles. The first-order valence-electron chi connectivity index (χ1n) is 11.3. The number of carboxylic acid groups (broad SMARTS) is 1. The number of carbonyl (C=O) groups excluding carboxylic acids is 3. The highest BCUT2D eigenvalue weighted by atomic mass is 16.4. The van der Waals surface area contributed by atoms with Gasteiger partial charge in [-0.25, -0.2) is 4.79 Å². The predicted molar refractivity (Wildman–Crippen MR) is 128 cm³/mol. The summed E-state index contributed by atoms with van der Waals surface area (Å²) < 4.78 is 1.18. The van der Waals surface area contributed by atoms with Crippen LogP contribution in [-0.4, -0.2) is 52.0 Å². The quantitative estimate of drug-likeness (QED) is 0.244. The molecule has 1 aromatic heterocycles. The third-order valence-electron chi connectivity index (χ3n) is 5.26. The van der Waals surface area contributed by atoms with E-state index in [1.165, 1.54) is 35.9 Å². The van der Waals surface area contributed by atoms with Crippen molar-refractivity contribution >= 4 is 29.4 Å². The number of allylic oxidation sites excluding steroid dienone is 1. The molecule has 34 heavy (non-hydrogen) atoms. The van der Waals surface area contributed by atoms with Crippen LogP contribution < -0.4 is 27.2 Å². The maximum Gasteiger partial charge on any atom is 0.327 e. The highest BCUT2D eigenvalue weighted by Crippen LogP contribution is 2.07. The first-order chi connectivity index (χ1) is 16.1. The number of aromatic nitrogens is 1. The van der Waals surface area contributed by atoms with Crippen molar-refractivity contribution in [3.8, 4) is 0 Å². The lowest BCUT2D eigenvalue weighted by Crippen LogP contribution is -2.49. The number of hydrogen-bond donors (Lipinski definition) is 5. The largest absolute Gasteiger partial charge is 0.478 e. The summed E-state index contributed by atoms with van der Waals surface area (Å²) in [5.74, 6) is -2.31. The van der Waals surface area contributed by atoms with E-state index in [9.17, 15) is 24.0 Å². The van der Waals surface area contributed by atoms with E-state index in [0.717, 1.165) is 18.9 Å². The number of aliphatic carboxylic acids is 1. The fourth-order valence-electron chi connectivity index (χ4n) is 3.04. The molecule has 11 heteroatoms. The molecular formula is C23H35N5O6. The molecule has 0 aliphatic rings. The number of nitrogens with zero attached hydrogens (tertiary/aromatic N) is 1. The smallest absolute Gasteiger partial charge is 0.327 e. The molecule has 2 atom stereocenters. The highest BCUT2D eigenvalue weighted by Gasteiger charge is 2.23. The van der Waals surface area contributed by atoms with Crippen molar-refractivity contribution in [2.24, 2.45) is 11.7 Å². The zero-order chi connectivity index (χ0) is 25.7. The molecule has 0 spiro atoms. The van der Waals surface area contributed by atoms with Gasteiger partial charge < -0.3 is 31.4 Å². The van der Waals surface area contributed by atoms with E-state index < -0.39 is 35.4 Å². The summed E-state index contributed by atoms with van der Waals surface area (Å²) in [6.45, 7) is 5.87. The minimum atomic E-state index is -1.13. The lowest BCUT2D eigenvalue weighted by atomic mass is 10.0. The molecule has 1 heterocycles. The summed E-state index contributed by atoms with van der Waals surface area (Å²) in [6, 6.07) is 1.01. The summed E-state index contributed by atoms with van der Waals surface area (Å²) in [7, 11) is 0. The summed E-state index contributed by atoms with van der Waals surface area (Å²) in [4.78, 5) is 60.4. The van der Waals surface area contributed by atoms with E-state index in [4.69, 9.17) is 10.8 Å². The SMILES string of the molecule is CCC(CC)CNC(=O)Cn1cccc(NC(=O)C(CCC=CC(=O)O)NC(=O)C(C)N)c1=O. The Balaban J connectivity index is 2.91. The van der Waals surface area contributed by atoms with Crippen molar-refractivity contribution in [3.05, 3.63) is 40.8 Å². The molecule has 0 saturated carbocycles. The molecular weight excluding hydrogens is 442 g/mol. The second-order valence-electron chi connectivity index (χ2n) is 8.00. The van der Waals surface area contributed by atoms with E-state index in [1.807, 2.05) is 13.8 Å². The Morgan fingerprint density at radius 2 is 1.85 bits per heavy atom. The standard InChI is InChI=1S/C23H35N5O6/c1-4-16(5-2)13-25-19(29)14-28-12-8-10-18(23(28)34)27-22(33)17(26-21(32)15(3)24)9-6-7-11-20(30)31/h7-8,10-12,15-17H,4-6,9,13-14,24H2,1-3H3,(H,25,29)(H,26,32)(H,27,33)(H,30,31). The molecule has 1 aromatic rings. The normalized spacial score (nSPS) is 12.9. The minimum absolute atomic E-state index is 0.0542. The molecule has 0 radical (unpaired) electrons. The van der Waals surface area contributed by atoms with E-state index in [-0.39, 0.29) is 31.0 Å². The van der Waals surface area contributed by atoms with Gasteiger partial charge in [0, 0.05) is 18.8 Å². The Bertz CT molecular complexity index is 936. The summed E-state index contributed by atoms with van der Waals surface area (Å²) in [5.41, 5.74) is 4.93. The third kappa shape index (κ3) is 9.99. The number of amides is 3. The number of anilines is 1. The van der Waals surface area contributed by atoms with E-state index in [0.29, 0.717) is 12.5 Å². The van der Waals surface area contributed by atoms with E-state index >= 15 is 0 Å². The Hall–Kier alpha value is -3.47. The van der Waals surface area contributed by atoms with Crippen LogP contribution in [0.3, 0.4) is 0 Å². The predicted octanol–water partition coefficient (Wildman–Crippen LogP) is 0.592. The molecule has 0 saturated heterocycles. The summed E-state index contributed by atoms with van der Waals surface area (Å²) in [6.07, 6.45) is 5.90. The Morgan fingerprint density at radius 3 is 2.44 bits per heavy atom. The van der Waals surface area contributed by atoms with Crippen molar-refractivity contribution in [1.82, 2.24) is 15.2 Å². The second-order valence-corrected chi connectivity index (χ2v) is 8.00. The van der Waals surface area contributed by atoms with Crippen molar-refractivity contribution in [1.29, 1.82) is 0 Å². The van der Waals surface area contributed by atoms with Crippen molar-refractivity contribution in [2.45, 2.75) is 65.1 Å². The number of carbonyl (C=O) groups is 4. The lowest BCUT2D eigenvalue weighted by molar-refractivity contribution is -0.131. The topological polar surface area (TPSA) is 173 Å². The van der Waals surface area contributed by atoms with Gasteiger partial charge in [0.15, 0.2) is 0 Å². The van der Waals surface area contributed by atoms with Gasteiger partial charge in [-0.2, -0.15) is 0 Å². The van der Waals surface area contributed by atoms with Crippen LogP contribution in [0.4, 0.5) is 5.69 Å². The Labute approximate surface area is 198 Å². The van der Waals surface area contributed by atoms with Gasteiger partial charge in [-0.1, -0.05) is 32.8 Å². The van der Waals surface area contributed by atoms with Gasteiger partial charge in [0.25, 0.3) is 5.56 Å². The second kappa shape index (κ2) is 14.6. The molecule has 0 fully saturated rings. The molecule has 11 nitrogen and oxygen atoms in total. The zero-order valence-electron chi connectivity index (χ0n) is 19.9. The van der Waals surface area contributed by atoms with Crippen LogP contribution >= 0.6 is 0 Å². The molecule has 0 aliphatic carbocycles. The van der Waals surface area contributed by atoms with E-state index in [2.05, 4.69) is 16.0 Å². The van der Waals surface area contributed by atoms with Gasteiger partial charge >= 0.3 is 5.97 Å². The number of hydrogen-bond acceptors (Lipinski definition) is 6. The van der Waals surface area contributed by atoms with Crippen LogP contribution in [0.15, 0.2) is 35.3 Å². The lowest BCUT2D eigenvalue weighted by Gasteiger charge is -2.19. The summed E-state index contributed by atoms with van der Waals surface area (Å²) in [5, 5.41) is 16.5. The van der Waals surface area contributed by atoms with Gasteiger partial charge in [0.05, 0.1) is 6.04 Å². The maximum absolute atomic E-state index is 12.8. The van der Waals surface area contributed by atoms with E-state index in [1.54, 1.807) is 0 Å². The zero-order valence-corrected chi connectivity index (χ0v) is 19.9. The van der Waals surface area contributed by atoms with Crippen molar-refractivity contribution in [2.75, 3.05) is 11.9 Å². The van der Waals surface area contributed by atoms with Crippen LogP contribution in [0.1, 0.15) is 46.5 Å².